The smallest absolute Gasteiger partial charge is 0.305 e. The van der Waals surface area contributed by atoms with Crippen molar-refractivity contribution in [2.24, 2.45) is 5.92 Å². The fourth-order valence-electron chi connectivity index (χ4n) is 3.87. The van der Waals surface area contributed by atoms with Crippen LogP contribution in [-0.2, 0) is 20.8 Å². The molecule has 1 saturated heterocycles. The van der Waals surface area contributed by atoms with Crippen LogP contribution in [0.1, 0.15) is 24.0 Å². The van der Waals surface area contributed by atoms with Crippen LogP contribution >= 0.6 is 0 Å². The summed E-state index contributed by atoms with van der Waals surface area (Å²) in [4.78, 5) is 36.9. The van der Waals surface area contributed by atoms with E-state index in [1.807, 2.05) is 30.3 Å². The Balaban J connectivity index is 1.47. The molecule has 2 N–H and O–H groups in total. The van der Waals surface area contributed by atoms with Crippen molar-refractivity contribution in [2.45, 2.75) is 19.3 Å². The summed E-state index contributed by atoms with van der Waals surface area (Å²) in [6, 6.07) is 14.3. The highest BCUT2D eigenvalue weighted by Gasteiger charge is 2.35. The lowest BCUT2D eigenvalue weighted by atomic mass is 10.1. The van der Waals surface area contributed by atoms with Crippen molar-refractivity contribution in [3.05, 3.63) is 53.6 Å². The number of anilines is 1. The Kier molecular flexibility index (Phi) is 4.39. The van der Waals surface area contributed by atoms with Gasteiger partial charge in [-0.2, -0.15) is 0 Å². The fourth-order valence-corrected chi connectivity index (χ4v) is 3.87. The Hall–Kier alpha value is -3.15. The van der Waals surface area contributed by atoms with Crippen LogP contribution in [0.4, 0.5) is 5.69 Å². The molecular weight excluding hydrogens is 344 g/mol. The Morgan fingerprint density at radius 3 is 2.70 bits per heavy atom. The number of aliphatic carboxylic acids is 1. The molecule has 2 aliphatic rings. The third-order valence-electron chi connectivity index (χ3n) is 5.22. The summed E-state index contributed by atoms with van der Waals surface area (Å²) in [7, 11) is 0. The number of hydrogen-bond acceptors (Lipinski definition) is 3. The predicted molar refractivity (Wildman–Crippen MR) is 100 cm³/mol. The number of carbonyl (C=O) groups is 3. The highest BCUT2D eigenvalue weighted by Crippen LogP contribution is 2.39. The van der Waals surface area contributed by atoms with Gasteiger partial charge in [-0.25, -0.2) is 0 Å². The minimum absolute atomic E-state index is 0.0793. The number of carboxylic acid groups (broad SMARTS) is 1. The van der Waals surface area contributed by atoms with Gasteiger partial charge in [0.1, 0.15) is 0 Å². The van der Waals surface area contributed by atoms with Crippen LogP contribution in [0.5, 0.6) is 0 Å². The van der Waals surface area contributed by atoms with E-state index in [0.717, 1.165) is 12.1 Å². The summed E-state index contributed by atoms with van der Waals surface area (Å²) >= 11 is 0. The van der Waals surface area contributed by atoms with E-state index < -0.39 is 11.9 Å². The molecule has 1 heterocycles. The number of nitrogens with zero attached hydrogens (tertiary/aromatic N) is 1. The molecular formula is C21H20N2O4. The first kappa shape index (κ1) is 17.3. The van der Waals surface area contributed by atoms with Gasteiger partial charge in [-0.15, -0.1) is 0 Å². The third-order valence-corrected chi connectivity index (χ3v) is 5.22. The molecule has 138 valence electrons. The number of hydrogen-bond donors (Lipinski definition) is 2. The minimum Gasteiger partial charge on any atom is -0.481 e. The van der Waals surface area contributed by atoms with Crippen LogP contribution in [-0.4, -0.2) is 36.0 Å². The second kappa shape index (κ2) is 6.87. The number of benzene rings is 2. The second-order valence-electron chi connectivity index (χ2n) is 7.02. The first-order valence-corrected chi connectivity index (χ1v) is 9.04. The van der Waals surface area contributed by atoms with Gasteiger partial charge >= 0.3 is 5.97 Å². The standard InChI is InChI=1S/C21H20N2O4/c24-19-11-15(21(27)22-8-7-20(25)26)12-23(19)16-5-6-18-14(10-16)9-13-3-1-2-4-17(13)18/h1-6,10,15H,7-9,11-12H2,(H,22,27)(H,25,26). The largest absolute Gasteiger partial charge is 0.481 e. The van der Waals surface area contributed by atoms with Crippen LogP contribution in [0.15, 0.2) is 42.5 Å². The normalized spacial score (nSPS) is 17.6. The molecule has 6 nitrogen and oxygen atoms in total. The van der Waals surface area contributed by atoms with E-state index in [1.165, 1.54) is 22.3 Å². The van der Waals surface area contributed by atoms with E-state index in [9.17, 15) is 14.4 Å². The number of carboxylic acids is 1. The maximum atomic E-state index is 12.4. The molecule has 0 bridgehead atoms. The van der Waals surface area contributed by atoms with Crippen molar-refractivity contribution in [3.63, 3.8) is 0 Å². The van der Waals surface area contributed by atoms with E-state index >= 15 is 0 Å². The van der Waals surface area contributed by atoms with Gasteiger partial charge in [0, 0.05) is 25.2 Å². The van der Waals surface area contributed by atoms with Gasteiger partial charge in [0.2, 0.25) is 11.8 Å². The Labute approximate surface area is 156 Å². The molecule has 1 aliphatic heterocycles. The molecule has 4 rings (SSSR count). The van der Waals surface area contributed by atoms with E-state index in [2.05, 4.69) is 17.4 Å². The zero-order valence-electron chi connectivity index (χ0n) is 14.8. The van der Waals surface area contributed by atoms with Crippen molar-refractivity contribution in [3.8, 4) is 11.1 Å². The molecule has 0 saturated carbocycles. The van der Waals surface area contributed by atoms with Gasteiger partial charge in [0.15, 0.2) is 0 Å². The average molecular weight is 364 g/mol. The van der Waals surface area contributed by atoms with Crippen LogP contribution in [0.2, 0.25) is 0 Å². The summed E-state index contributed by atoms with van der Waals surface area (Å²) in [5.41, 5.74) is 5.72. The van der Waals surface area contributed by atoms with Crippen LogP contribution in [0.25, 0.3) is 11.1 Å². The van der Waals surface area contributed by atoms with Crippen LogP contribution in [0.3, 0.4) is 0 Å². The predicted octanol–water partition coefficient (Wildman–Crippen LogP) is 2.20. The molecule has 1 fully saturated rings. The molecule has 2 aromatic carbocycles. The van der Waals surface area contributed by atoms with Crippen molar-refractivity contribution in [1.29, 1.82) is 0 Å². The van der Waals surface area contributed by atoms with E-state index in [4.69, 9.17) is 5.11 Å². The number of amides is 2. The number of rotatable bonds is 5. The summed E-state index contributed by atoms with van der Waals surface area (Å²) < 4.78 is 0. The first-order chi connectivity index (χ1) is 13.0. The number of fused-ring (bicyclic) bond motifs is 3. The van der Waals surface area contributed by atoms with Crippen LogP contribution in [0, 0.1) is 5.92 Å². The van der Waals surface area contributed by atoms with Gasteiger partial charge in [-0.1, -0.05) is 30.3 Å². The molecule has 27 heavy (non-hydrogen) atoms. The van der Waals surface area contributed by atoms with Gasteiger partial charge in [-0.3, -0.25) is 14.4 Å². The third kappa shape index (κ3) is 3.30. The molecule has 2 amide bonds. The summed E-state index contributed by atoms with van der Waals surface area (Å²) in [5.74, 6) is -1.75. The molecule has 1 unspecified atom stereocenters. The van der Waals surface area contributed by atoms with E-state index in [0.29, 0.717) is 6.54 Å². The lowest BCUT2D eigenvalue weighted by molar-refractivity contribution is -0.137. The molecule has 1 aliphatic carbocycles. The Morgan fingerprint density at radius 1 is 1.11 bits per heavy atom. The zero-order chi connectivity index (χ0) is 19.0. The van der Waals surface area contributed by atoms with E-state index in [1.54, 1.807) is 4.90 Å². The van der Waals surface area contributed by atoms with Crippen molar-refractivity contribution in [1.82, 2.24) is 5.32 Å². The lowest BCUT2D eigenvalue weighted by Crippen LogP contribution is -2.34. The van der Waals surface area contributed by atoms with Crippen molar-refractivity contribution >= 4 is 23.5 Å². The number of nitrogens with one attached hydrogen (secondary N) is 1. The molecule has 0 spiro atoms. The SMILES string of the molecule is O=C(O)CCNC(=O)C1CC(=O)N(c2ccc3c(c2)Cc2ccccc2-3)C1. The molecule has 0 radical (unpaired) electrons. The minimum atomic E-state index is -0.960. The van der Waals surface area contributed by atoms with E-state index in [-0.39, 0.29) is 31.2 Å². The summed E-state index contributed by atoms with van der Waals surface area (Å²) in [6.45, 7) is 0.402. The van der Waals surface area contributed by atoms with Gasteiger partial charge in [0.05, 0.1) is 12.3 Å². The van der Waals surface area contributed by atoms with Crippen LogP contribution < -0.4 is 10.2 Å². The fraction of sp³-hybridized carbons (Fsp3) is 0.286. The van der Waals surface area contributed by atoms with Gasteiger partial charge < -0.3 is 15.3 Å². The number of carbonyl (C=O) groups excluding carboxylic acids is 2. The highest BCUT2D eigenvalue weighted by atomic mass is 16.4. The Bertz CT molecular complexity index is 938. The quantitative estimate of drug-likeness (QED) is 0.727. The molecule has 0 aromatic heterocycles. The Morgan fingerprint density at radius 2 is 1.89 bits per heavy atom. The summed E-state index contributed by atoms with van der Waals surface area (Å²) in [6.07, 6.45) is 0.873. The maximum Gasteiger partial charge on any atom is 0.305 e. The first-order valence-electron chi connectivity index (χ1n) is 9.04. The second-order valence-corrected chi connectivity index (χ2v) is 7.02. The monoisotopic (exact) mass is 364 g/mol. The van der Waals surface area contributed by atoms with Gasteiger partial charge in [0.25, 0.3) is 0 Å². The maximum absolute atomic E-state index is 12.4. The zero-order valence-corrected chi connectivity index (χ0v) is 14.8. The van der Waals surface area contributed by atoms with Crippen molar-refractivity contribution in [2.75, 3.05) is 18.0 Å². The van der Waals surface area contributed by atoms with Gasteiger partial charge in [-0.05, 0) is 40.8 Å². The van der Waals surface area contributed by atoms with Crippen molar-refractivity contribution < 1.29 is 19.5 Å². The molecule has 1 atom stereocenters. The topological polar surface area (TPSA) is 86.7 Å². The molecule has 2 aromatic rings. The highest BCUT2D eigenvalue weighted by molar-refractivity contribution is 6.00. The molecule has 6 heteroatoms. The lowest BCUT2D eigenvalue weighted by Gasteiger charge is -2.18. The summed E-state index contributed by atoms with van der Waals surface area (Å²) in [5, 5.41) is 11.3. The average Bonchev–Trinajstić information content (AvgIpc) is 3.21.